The number of hydrogen-bond acceptors (Lipinski definition) is 3. The third kappa shape index (κ3) is 4.81. The largest absolute Gasteiger partial charge is 0.417 e. The van der Waals surface area contributed by atoms with E-state index < -0.39 is 23.6 Å². The van der Waals surface area contributed by atoms with E-state index in [1.165, 1.54) is 23.1 Å². The van der Waals surface area contributed by atoms with Crippen molar-refractivity contribution in [1.29, 1.82) is 0 Å². The second kappa shape index (κ2) is 7.94. The second-order valence-corrected chi connectivity index (χ2v) is 5.49. The molecule has 0 atom stereocenters. The minimum absolute atomic E-state index is 0.187. The first-order chi connectivity index (χ1) is 11.4. The molecular formula is C16H18F3N3O2. The van der Waals surface area contributed by atoms with Crippen molar-refractivity contribution < 1.29 is 22.8 Å². The Morgan fingerprint density at radius 1 is 1.08 bits per heavy atom. The summed E-state index contributed by atoms with van der Waals surface area (Å²) < 4.78 is 38.5. The van der Waals surface area contributed by atoms with Gasteiger partial charge in [-0.1, -0.05) is 31.0 Å². The quantitative estimate of drug-likeness (QED) is 0.510. The van der Waals surface area contributed by atoms with E-state index in [2.05, 4.69) is 5.10 Å². The standard InChI is InChI=1S/C16H18F3N3O2/c17-16(18,19)13-8-4-3-7-12(13)11-20-21-14(23)15(24)22-9-5-1-2-6-10-22/h3-4,7-8,11H,1-2,5-6,9-10H2,(H,21,23)/b20-11-. The molecule has 2 rings (SSSR count). The Hall–Kier alpha value is -2.38. The summed E-state index contributed by atoms with van der Waals surface area (Å²) in [6.45, 7) is 1.01. The van der Waals surface area contributed by atoms with Crippen molar-refractivity contribution in [1.82, 2.24) is 10.3 Å². The molecule has 8 heteroatoms. The van der Waals surface area contributed by atoms with Gasteiger partial charge in [0.15, 0.2) is 0 Å². The highest BCUT2D eigenvalue weighted by molar-refractivity contribution is 6.35. The third-order valence-corrected chi connectivity index (χ3v) is 3.72. The zero-order valence-corrected chi connectivity index (χ0v) is 13.0. The zero-order chi connectivity index (χ0) is 17.6. The third-order valence-electron chi connectivity index (χ3n) is 3.72. The molecule has 1 saturated heterocycles. The number of benzene rings is 1. The first kappa shape index (κ1) is 18.0. The first-order valence-electron chi connectivity index (χ1n) is 7.68. The van der Waals surface area contributed by atoms with Gasteiger partial charge in [-0.2, -0.15) is 18.3 Å². The van der Waals surface area contributed by atoms with Gasteiger partial charge in [0, 0.05) is 18.7 Å². The van der Waals surface area contributed by atoms with Crippen LogP contribution in [0.15, 0.2) is 29.4 Å². The molecule has 5 nitrogen and oxygen atoms in total. The van der Waals surface area contributed by atoms with Crippen molar-refractivity contribution in [2.45, 2.75) is 31.9 Å². The van der Waals surface area contributed by atoms with Crippen LogP contribution in [-0.4, -0.2) is 36.0 Å². The predicted molar refractivity (Wildman–Crippen MR) is 82.2 cm³/mol. The predicted octanol–water partition coefficient (Wildman–Crippen LogP) is 2.56. The van der Waals surface area contributed by atoms with Crippen LogP contribution in [0.5, 0.6) is 0 Å². The molecule has 1 aromatic rings. The number of carbonyl (C=O) groups is 2. The summed E-state index contributed by atoms with van der Waals surface area (Å²) in [5.41, 5.74) is 0.952. The molecule has 0 unspecified atom stereocenters. The van der Waals surface area contributed by atoms with E-state index in [1.807, 2.05) is 5.43 Å². The molecule has 1 aliphatic heterocycles. The Morgan fingerprint density at radius 3 is 2.33 bits per heavy atom. The van der Waals surface area contributed by atoms with Gasteiger partial charge in [0.05, 0.1) is 11.8 Å². The summed E-state index contributed by atoms with van der Waals surface area (Å²) in [5.74, 6) is -1.66. The average molecular weight is 341 g/mol. The van der Waals surface area contributed by atoms with E-state index in [-0.39, 0.29) is 5.56 Å². The Labute approximate surface area is 137 Å². The Balaban J connectivity index is 1.99. The molecule has 0 aromatic heterocycles. The molecule has 0 spiro atoms. The highest BCUT2D eigenvalue weighted by Crippen LogP contribution is 2.30. The summed E-state index contributed by atoms with van der Waals surface area (Å²) in [7, 11) is 0. The fraction of sp³-hybridized carbons (Fsp3) is 0.438. The summed E-state index contributed by atoms with van der Waals surface area (Å²) in [5, 5.41) is 3.48. The van der Waals surface area contributed by atoms with Gasteiger partial charge in [-0.05, 0) is 18.9 Å². The maximum atomic E-state index is 12.8. The highest BCUT2D eigenvalue weighted by Gasteiger charge is 2.32. The molecule has 1 N–H and O–H groups in total. The van der Waals surface area contributed by atoms with Crippen molar-refractivity contribution in [2.75, 3.05) is 13.1 Å². The van der Waals surface area contributed by atoms with Crippen LogP contribution in [0.3, 0.4) is 0 Å². The molecule has 1 aromatic carbocycles. The molecule has 2 amide bonds. The van der Waals surface area contributed by atoms with E-state index >= 15 is 0 Å². The van der Waals surface area contributed by atoms with E-state index in [0.717, 1.165) is 38.0 Å². The molecule has 24 heavy (non-hydrogen) atoms. The molecule has 0 saturated carbocycles. The molecular weight excluding hydrogens is 323 g/mol. The smallest absolute Gasteiger partial charge is 0.334 e. The van der Waals surface area contributed by atoms with Crippen LogP contribution in [0.1, 0.15) is 36.8 Å². The number of halogens is 3. The lowest BCUT2D eigenvalue weighted by atomic mass is 10.1. The average Bonchev–Trinajstić information content (AvgIpc) is 2.82. The Bertz CT molecular complexity index is 621. The first-order valence-corrected chi connectivity index (χ1v) is 7.68. The van der Waals surface area contributed by atoms with E-state index in [9.17, 15) is 22.8 Å². The molecule has 1 heterocycles. The summed E-state index contributed by atoms with van der Waals surface area (Å²) >= 11 is 0. The Kier molecular flexibility index (Phi) is 5.94. The number of nitrogens with one attached hydrogen (secondary N) is 1. The fourth-order valence-corrected chi connectivity index (χ4v) is 2.49. The van der Waals surface area contributed by atoms with Crippen molar-refractivity contribution in [2.24, 2.45) is 5.10 Å². The maximum Gasteiger partial charge on any atom is 0.417 e. The minimum atomic E-state index is -4.52. The van der Waals surface area contributed by atoms with Gasteiger partial charge in [-0.3, -0.25) is 9.59 Å². The summed E-state index contributed by atoms with van der Waals surface area (Å²) in [6, 6.07) is 4.85. The number of carbonyl (C=O) groups excluding carboxylic acids is 2. The van der Waals surface area contributed by atoms with Crippen LogP contribution < -0.4 is 5.43 Å². The van der Waals surface area contributed by atoms with E-state index in [0.29, 0.717) is 13.1 Å². The topological polar surface area (TPSA) is 61.8 Å². The number of hydrogen-bond donors (Lipinski definition) is 1. The van der Waals surface area contributed by atoms with E-state index in [1.54, 1.807) is 0 Å². The normalized spacial score (nSPS) is 16.0. The van der Waals surface area contributed by atoms with Gasteiger partial charge in [0.1, 0.15) is 0 Å². The van der Waals surface area contributed by atoms with Crippen molar-refractivity contribution in [3.05, 3.63) is 35.4 Å². The Morgan fingerprint density at radius 2 is 1.71 bits per heavy atom. The molecule has 130 valence electrons. The maximum absolute atomic E-state index is 12.8. The van der Waals surface area contributed by atoms with Crippen LogP contribution in [-0.2, 0) is 15.8 Å². The van der Waals surface area contributed by atoms with Crippen LogP contribution in [0.25, 0.3) is 0 Å². The fourth-order valence-electron chi connectivity index (χ4n) is 2.49. The van der Waals surface area contributed by atoms with Crippen LogP contribution in [0.4, 0.5) is 13.2 Å². The molecule has 1 fully saturated rings. The van der Waals surface area contributed by atoms with Crippen LogP contribution in [0, 0.1) is 0 Å². The van der Waals surface area contributed by atoms with Crippen LogP contribution in [0.2, 0.25) is 0 Å². The van der Waals surface area contributed by atoms with Crippen LogP contribution >= 0.6 is 0 Å². The van der Waals surface area contributed by atoms with Gasteiger partial charge >= 0.3 is 18.0 Å². The van der Waals surface area contributed by atoms with Gasteiger partial charge in [0.2, 0.25) is 0 Å². The molecule has 0 bridgehead atoms. The number of rotatable bonds is 2. The SMILES string of the molecule is O=C(N/N=C\c1ccccc1C(F)(F)F)C(=O)N1CCCCCC1. The van der Waals surface area contributed by atoms with Crippen molar-refractivity contribution >= 4 is 18.0 Å². The number of amides is 2. The number of alkyl halides is 3. The highest BCUT2D eigenvalue weighted by atomic mass is 19.4. The molecule has 0 radical (unpaired) electrons. The summed E-state index contributed by atoms with van der Waals surface area (Å²) in [4.78, 5) is 25.2. The van der Waals surface area contributed by atoms with Gasteiger partial charge < -0.3 is 4.90 Å². The lowest BCUT2D eigenvalue weighted by Crippen LogP contribution is -2.41. The van der Waals surface area contributed by atoms with Gasteiger partial charge in [-0.15, -0.1) is 0 Å². The second-order valence-electron chi connectivity index (χ2n) is 5.49. The van der Waals surface area contributed by atoms with Gasteiger partial charge in [-0.25, -0.2) is 5.43 Å². The summed E-state index contributed by atoms with van der Waals surface area (Å²) in [6.07, 6.45) is 0.0585. The molecule has 1 aliphatic rings. The van der Waals surface area contributed by atoms with Crippen molar-refractivity contribution in [3.8, 4) is 0 Å². The molecule has 0 aliphatic carbocycles. The number of likely N-dealkylation sites (tertiary alicyclic amines) is 1. The minimum Gasteiger partial charge on any atom is -0.334 e. The lowest BCUT2D eigenvalue weighted by molar-refractivity contribution is -0.145. The lowest BCUT2D eigenvalue weighted by Gasteiger charge is -2.18. The van der Waals surface area contributed by atoms with E-state index in [4.69, 9.17) is 0 Å². The zero-order valence-electron chi connectivity index (χ0n) is 13.0. The monoisotopic (exact) mass is 341 g/mol. The van der Waals surface area contributed by atoms with Gasteiger partial charge in [0.25, 0.3) is 0 Å². The number of nitrogens with zero attached hydrogens (tertiary/aromatic N) is 2. The number of hydrazone groups is 1. The van der Waals surface area contributed by atoms with Crippen molar-refractivity contribution in [3.63, 3.8) is 0 Å².